The van der Waals surface area contributed by atoms with E-state index in [1.165, 1.54) is 29.1 Å². The van der Waals surface area contributed by atoms with E-state index >= 15 is 4.39 Å². The van der Waals surface area contributed by atoms with Crippen LogP contribution in [0.4, 0.5) is 8.78 Å². The maximum atomic E-state index is 15.8. The molecule has 2 atom stereocenters. The van der Waals surface area contributed by atoms with E-state index in [1.807, 2.05) is 13.8 Å². The predicted octanol–water partition coefficient (Wildman–Crippen LogP) is 4.49. The smallest absolute Gasteiger partial charge is 0.257 e. The van der Waals surface area contributed by atoms with Crippen molar-refractivity contribution in [2.45, 2.75) is 69.2 Å². The van der Waals surface area contributed by atoms with Crippen LogP contribution in [0, 0.1) is 11.6 Å². The zero-order chi connectivity index (χ0) is 25.6. The summed E-state index contributed by atoms with van der Waals surface area (Å²) in [7, 11) is -3.53. The molecule has 0 bridgehead atoms. The SMILES string of the molecule is CC(C)n1cnc2c(c1=O)[C@@H](Cc1cccc(-c3cccc(F)c3)c1F)[C@@H](NS(=O)(=O)C1CC1)CC2. The molecule has 0 unspecified atom stereocenters. The van der Waals surface area contributed by atoms with Gasteiger partial charge in [-0.05, 0) is 69.2 Å². The van der Waals surface area contributed by atoms with E-state index in [4.69, 9.17) is 0 Å². The van der Waals surface area contributed by atoms with Crippen LogP contribution in [0.2, 0.25) is 0 Å². The van der Waals surface area contributed by atoms with Gasteiger partial charge in [0, 0.05) is 29.1 Å². The maximum Gasteiger partial charge on any atom is 0.257 e. The van der Waals surface area contributed by atoms with Crippen molar-refractivity contribution in [3.63, 3.8) is 0 Å². The minimum atomic E-state index is -3.53. The Morgan fingerprint density at radius 3 is 2.56 bits per heavy atom. The summed E-state index contributed by atoms with van der Waals surface area (Å²) in [4.78, 5) is 18.1. The number of nitrogens with one attached hydrogen (secondary N) is 1. The second-order valence-electron chi connectivity index (χ2n) is 10.0. The number of fused-ring (bicyclic) bond motifs is 1. The Morgan fingerprint density at radius 1 is 1.11 bits per heavy atom. The quantitative estimate of drug-likeness (QED) is 0.505. The molecule has 2 aliphatic carbocycles. The highest BCUT2D eigenvalue weighted by molar-refractivity contribution is 7.90. The number of rotatable bonds is 7. The van der Waals surface area contributed by atoms with E-state index < -0.39 is 38.9 Å². The first-order valence-electron chi connectivity index (χ1n) is 12.3. The minimum Gasteiger partial charge on any atom is -0.296 e. The molecule has 0 aliphatic heterocycles. The first-order valence-corrected chi connectivity index (χ1v) is 13.8. The van der Waals surface area contributed by atoms with Gasteiger partial charge < -0.3 is 0 Å². The van der Waals surface area contributed by atoms with Crippen LogP contribution in [-0.4, -0.2) is 29.3 Å². The van der Waals surface area contributed by atoms with Gasteiger partial charge in [-0.3, -0.25) is 9.36 Å². The lowest BCUT2D eigenvalue weighted by Crippen LogP contribution is -2.47. The fourth-order valence-electron chi connectivity index (χ4n) is 5.07. The molecule has 1 aromatic heterocycles. The number of hydrogen-bond acceptors (Lipinski definition) is 4. The summed E-state index contributed by atoms with van der Waals surface area (Å²) >= 11 is 0. The third-order valence-electron chi connectivity index (χ3n) is 7.15. The van der Waals surface area contributed by atoms with Gasteiger partial charge in [0.15, 0.2) is 0 Å². The van der Waals surface area contributed by atoms with Crippen molar-refractivity contribution >= 4 is 10.0 Å². The van der Waals surface area contributed by atoms with Crippen LogP contribution < -0.4 is 10.3 Å². The molecule has 0 spiro atoms. The second-order valence-corrected chi connectivity index (χ2v) is 12.0. The molecule has 6 nitrogen and oxygen atoms in total. The lowest BCUT2D eigenvalue weighted by atomic mass is 9.78. The van der Waals surface area contributed by atoms with E-state index in [2.05, 4.69) is 9.71 Å². The molecule has 1 saturated carbocycles. The molecular formula is C27H29F2N3O3S. The third-order valence-corrected chi connectivity index (χ3v) is 9.13. The van der Waals surface area contributed by atoms with Gasteiger partial charge in [-0.15, -0.1) is 0 Å². The summed E-state index contributed by atoms with van der Waals surface area (Å²) in [6.45, 7) is 3.76. The molecule has 0 saturated heterocycles. The number of aryl methyl sites for hydroxylation is 1. The molecule has 3 aromatic rings. The molecule has 1 N–H and O–H groups in total. The van der Waals surface area contributed by atoms with Gasteiger partial charge in [-0.2, -0.15) is 0 Å². The van der Waals surface area contributed by atoms with Gasteiger partial charge in [0.25, 0.3) is 5.56 Å². The molecule has 190 valence electrons. The Hall–Kier alpha value is -2.91. The highest BCUT2D eigenvalue weighted by atomic mass is 32.2. The number of nitrogens with zero attached hydrogens (tertiary/aromatic N) is 2. The zero-order valence-electron chi connectivity index (χ0n) is 20.2. The average molecular weight is 514 g/mol. The number of aromatic nitrogens is 2. The van der Waals surface area contributed by atoms with Gasteiger partial charge in [-0.1, -0.05) is 30.3 Å². The topological polar surface area (TPSA) is 81.1 Å². The van der Waals surface area contributed by atoms with Crippen LogP contribution in [0.1, 0.15) is 61.9 Å². The van der Waals surface area contributed by atoms with Crippen molar-refractivity contribution in [3.8, 4) is 11.1 Å². The Morgan fingerprint density at radius 2 is 1.86 bits per heavy atom. The summed E-state index contributed by atoms with van der Waals surface area (Å²) in [6, 6.07) is 9.96. The monoisotopic (exact) mass is 513 g/mol. The van der Waals surface area contributed by atoms with Crippen LogP contribution in [-0.2, 0) is 22.9 Å². The van der Waals surface area contributed by atoms with Crippen molar-refractivity contribution in [1.82, 2.24) is 14.3 Å². The maximum absolute atomic E-state index is 15.8. The van der Waals surface area contributed by atoms with Crippen LogP contribution >= 0.6 is 0 Å². The number of benzene rings is 2. The Balaban J connectivity index is 1.59. The Labute approximate surface area is 209 Å². The van der Waals surface area contributed by atoms with E-state index in [-0.39, 0.29) is 23.6 Å². The van der Waals surface area contributed by atoms with E-state index in [0.29, 0.717) is 48.1 Å². The number of hydrogen-bond donors (Lipinski definition) is 1. The second kappa shape index (κ2) is 9.52. The summed E-state index contributed by atoms with van der Waals surface area (Å²) in [5.74, 6) is -1.56. The van der Waals surface area contributed by atoms with Gasteiger partial charge in [0.05, 0.1) is 17.3 Å². The van der Waals surface area contributed by atoms with Gasteiger partial charge in [-0.25, -0.2) is 26.9 Å². The van der Waals surface area contributed by atoms with Crippen LogP contribution in [0.5, 0.6) is 0 Å². The molecule has 1 fully saturated rings. The molecule has 2 aliphatic rings. The average Bonchev–Trinajstić information content (AvgIpc) is 3.68. The van der Waals surface area contributed by atoms with Crippen LogP contribution in [0.3, 0.4) is 0 Å². The molecule has 0 radical (unpaired) electrons. The predicted molar refractivity (Wildman–Crippen MR) is 134 cm³/mol. The summed E-state index contributed by atoms with van der Waals surface area (Å²) < 4.78 is 59.7. The first kappa shape index (κ1) is 24.8. The number of sulfonamides is 1. The summed E-state index contributed by atoms with van der Waals surface area (Å²) in [6.07, 6.45) is 3.81. The Bertz CT molecular complexity index is 1470. The van der Waals surface area contributed by atoms with Crippen LogP contribution in [0.25, 0.3) is 11.1 Å². The van der Waals surface area contributed by atoms with Crippen molar-refractivity contribution in [2.75, 3.05) is 0 Å². The molecule has 2 aromatic carbocycles. The highest BCUT2D eigenvalue weighted by Crippen LogP contribution is 2.36. The largest absolute Gasteiger partial charge is 0.296 e. The van der Waals surface area contributed by atoms with E-state index in [0.717, 1.165) is 0 Å². The van der Waals surface area contributed by atoms with Gasteiger partial charge in [0.2, 0.25) is 10.0 Å². The molecular weight excluding hydrogens is 484 g/mol. The molecule has 0 amide bonds. The summed E-state index contributed by atoms with van der Waals surface area (Å²) in [5.41, 5.74) is 1.85. The van der Waals surface area contributed by atoms with Gasteiger partial charge >= 0.3 is 0 Å². The molecule has 9 heteroatoms. The molecule has 5 rings (SSSR count). The van der Waals surface area contributed by atoms with Crippen molar-refractivity contribution in [1.29, 1.82) is 0 Å². The fourth-order valence-corrected chi connectivity index (χ4v) is 6.73. The van der Waals surface area contributed by atoms with E-state index in [9.17, 15) is 17.6 Å². The van der Waals surface area contributed by atoms with Crippen molar-refractivity contribution in [2.24, 2.45) is 0 Å². The fraction of sp³-hybridized carbons (Fsp3) is 0.407. The number of halogens is 2. The third kappa shape index (κ3) is 4.74. The normalized spacial score (nSPS) is 19.9. The standard InChI is InChI=1S/C27H29F2N3O3S/c1-16(2)32-15-30-24-12-11-23(31-36(34,35)20-9-10-20)22(25(24)27(32)33)14-18-6-4-8-21(26(18)29)17-5-3-7-19(28)13-17/h3-8,13,15-16,20,22-23,31H,9-12,14H2,1-2H3/t22-,23-/m0/s1. The van der Waals surface area contributed by atoms with Gasteiger partial charge in [0.1, 0.15) is 11.6 Å². The lowest BCUT2D eigenvalue weighted by Gasteiger charge is -2.34. The minimum absolute atomic E-state index is 0.110. The van der Waals surface area contributed by atoms with E-state index in [1.54, 1.807) is 24.3 Å². The highest BCUT2D eigenvalue weighted by Gasteiger charge is 2.41. The Kier molecular flexibility index (Phi) is 6.55. The summed E-state index contributed by atoms with van der Waals surface area (Å²) in [5, 5.41) is -0.409. The van der Waals surface area contributed by atoms with Crippen LogP contribution in [0.15, 0.2) is 53.6 Å². The lowest BCUT2D eigenvalue weighted by molar-refractivity contribution is 0.408. The molecule has 1 heterocycles. The van der Waals surface area contributed by atoms with Crippen molar-refractivity contribution in [3.05, 3.63) is 87.6 Å². The first-order chi connectivity index (χ1) is 17.2. The zero-order valence-corrected chi connectivity index (χ0v) is 21.1. The molecule has 36 heavy (non-hydrogen) atoms. The van der Waals surface area contributed by atoms with Crippen molar-refractivity contribution < 1.29 is 17.2 Å².